The predicted molar refractivity (Wildman–Crippen MR) is 29.7 cm³/mol. The monoisotopic (exact) mass is 118 g/mol. The highest BCUT2D eigenvalue weighted by molar-refractivity contribution is 5.62. The lowest BCUT2D eigenvalue weighted by atomic mass is 10.6. The van der Waals surface area contributed by atoms with Gasteiger partial charge in [0.1, 0.15) is 6.29 Å². The maximum atomic E-state index is 9.17. The molecule has 48 valence electrons. The molecule has 0 spiro atoms. The topological polar surface area (TPSA) is 54.4 Å². The van der Waals surface area contributed by atoms with Gasteiger partial charge in [0.25, 0.3) is 5.97 Å². The van der Waals surface area contributed by atoms with Crippen LogP contribution in [0.25, 0.3) is 0 Å². The van der Waals surface area contributed by atoms with Gasteiger partial charge in [0, 0.05) is 13.3 Å². The van der Waals surface area contributed by atoms with Gasteiger partial charge in [-0.05, 0) is 0 Å². The molecule has 3 nitrogen and oxygen atoms in total. The van der Waals surface area contributed by atoms with Crippen LogP contribution in [0.4, 0.5) is 0 Å². The Morgan fingerprint density at radius 2 is 1.88 bits per heavy atom. The van der Waals surface area contributed by atoms with E-state index in [1.807, 2.05) is 6.92 Å². The van der Waals surface area contributed by atoms with E-state index in [4.69, 9.17) is 9.90 Å². The molecule has 0 saturated carbocycles. The van der Waals surface area contributed by atoms with Crippen LogP contribution in [0.3, 0.4) is 0 Å². The second kappa shape index (κ2) is 9.46. The Balaban J connectivity index is 0. The van der Waals surface area contributed by atoms with E-state index in [1.165, 1.54) is 0 Å². The summed E-state index contributed by atoms with van der Waals surface area (Å²) in [5.74, 6) is -0.833. The molecule has 0 aromatic carbocycles. The normalized spacial score (nSPS) is 6.25. The summed E-state index contributed by atoms with van der Waals surface area (Å²) < 4.78 is 0. The zero-order chi connectivity index (χ0) is 6.99. The fourth-order valence-electron chi connectivity index (χ4n) is 0. The van der Waals surface area contributed by atoms with Gasteiger partial charge in [-0.15, -0.1) is 0 Å². The molecule has 0 aliphatic rings. The minimum absolute atomic E-state index is 0.639. The molecule has 0 rings (SSSR count). The molecule has 0 heterocycles. The number of carboxylic acid groups (broad SMARTS) is 1. The minimum atomic E-state index is -0.833. The first kappa shape index (κ1) is 10.2. The van der Waals surface area contributed by atoms with Crippen LogP contribution in [0, 0.1) is 0 Å². The predicted octanol–water partition coefficient (Wildman–Crippen LogP) is 0.686. The van der Waals surface area contributed by atoms with Gasteiger partial charge in [0.05, 0.1) is 0 Å². The number of rotatable bonds is 1. The Labute approximate surface area is 48.3 Å². The van der Waals surface area contributed by atoms with Crippen molar-refractivity contribution in [1.29, 1.82) is 0 Å². The van der Waals surface area contributed by atoms with Crippen molar-refractivity contribution < 1.29 is 14.7 Å². The highest BCUT2D eigenvalue weighted by Crippen LogP contribution is 1.53. The Morgan fingerprint density at radius 1 is 1.75 bits per heavy atom. The molecule has 0 fully saturated rings. The molecule has 3 heteroatoms. The average Bonchev–Trinajstić information content (AvgIpc) is 1.65. The summed E-state index contributed by atoms with van der Waals surface area (Å²) in [4.78, 5) is 18.2. The smallest absolute Gasteiger partial charge is 0.300 e. The highest BCUT2D eigenvalue weighted by atomic mass is 16.4. The van der Waals surface area contributed by atoms with Gasteiger partial charge in [-0.3, -0.25) is 4.79 Å². The van der Waals surface area contributed by atoms with Crippen molar-refractivity contribution in [2.24, 2.45) is 0 Å². The molecule has 0 saturated heterocycles. The largest absolute Gasteiger partial charge is 0.481 e. The third-order valence-electron chi connectivity index (χ3n) is 0.167. The van der Waals surface area contributed by atoms with Gasteiger partial charge in [-0.2, -0.15) is 0 Å². The lowest BCUT2D eigenvalue weighted by Crippen LogP contribution is -1.78. The standard InChI is InChI=1S/C3H6O.C2H4O2/c1-2-3-4;1-2(3)4/h3H,2H2,1H3;1H3,(H,3,4). The quantitative estimate of drug-likeness (QED) is 0.515. The van der Waals surface area contributed by atoms with Crippen LogP contribution in [-0.2, 0) is 9.59 Å². The van der Waals surface area contributed by atoms with Crippen molar-refractivity contribution in [1.82, 2.24) is 0 Å². The number of hydrogen-bond acceptors (Lipinski definition) is 2. The molecule has 1 N–H and O–H groups in total. The average molecular weight is 118 g/mol. The summed E-state index contributed by atoms with van der Waals surface area (Å²) in [6, 6.07) is 0. The van der Waals surface area contributed by atoms with Gasteiger partial charge in [-0.25, -0.2) is 0 Å². The molecule has 0 aliphatic heterocycles. The summed E-state index contributed by atoms with van der Waals surface area (Å²) in [5.41, 5.74) is 0. The summed E-state index contributed by atoms with van der Waals surface area (Å²) in [6.07, 6.45) is 1.51. The van der Waals surface area contributed by atoms with E-state index < -0.39 is 5.97 Å². The van der Waals surface area contributed by atoms with Crippen LogP contribution in [0.2, 0.25) is 0 Å². The van der Waals surface area contributed by atoms with Crippen LogP contribution in [-0.4, -0.2) is 17.4 Å². The second-order valence-electron chi connectivity index (χ2n) is 1.09. The molecule has 0 aromatic heterocycles. The highest BCUT2D eigenvalue weighted by Gasteiger charge is 1.65. The lowest BCUT2D eigenvalue weighted by molar-refractivity contribution is -0.134. The molecular weight excluding hydrogens is 108 g/mol. The van der Waals surface area contributed by atoms with Crippen LogP contribution in [0.1, 0.15) is 20.3 Å². The number of aliphatic carboxylic acids is 1. The van der Waals surface area contributed by atoms with E-state index in [0.717, 1.165) is 13.2 Å². The van der Waals surface area contributed by atoms with Gasteiger partial charge >= 0.3 is 0 Å². The summed E-state index contributed by atoms with van der Waals surface area (Å²) in [5, 5.41) is 7.42. The van der Waals surface area contributed by atoms with Crippen LogP contribution in [0.5, 0.6) is 0 Å². The van der Waals surface area contributed by atoms with Gasteiger partial charge in [0.2, 0.25) is 0 Å². The molecular formula is C5H10O3. The van der Waals surface area contributed by atoms with Gasteiger partial charge < -0.3 is 9.90 Å². The van der Waals surface area contributed by atoms with E-state index in [1.54, 1.807) is 0 Å². The van der Waals surface area contributed by atoms with Crippen LogP contribution < -0.4 is 0 Å². The molecule has 0 radical (unpaired) electrons. The maximum absolute atomic E-state index is 9.17. The Morgan fingerprint density at radius 3 is 1.88 bits per heavy atom. The van der Waals surface area contributed by atoms with Crippen LogP contribution >= 0.6 is 0 Å². The van der Waals surface area contributed by atoms with E-state index in [-0.39, 0.29) is 0 Å². The van der Waals surface area contributed by atoms with Crippen molar-refractivity contribution in [3.63, 3.8) is 0 Å². The fourth-order valence-corrected chi connectivity index (χ4v) is 0. The zero-order valence-electron chi connectivity index (χ0n) is 5.05. The number of carboxylic acids is 1. The number of aldehydes is 1. The van der Waals surface area contributed by atoms with E-state index in [0.29, 0.717) is 6.42 Å². The first-order valence-electron chi connectivity index (χ1n) is 2.28. The second-order valence-corrected chi connectivity index (χ2v) is 1.09. The zero-order valence-corrected chi connectivity index (χ0v) is 5.05. The van der Waals surface area contributed by atoms with Gasteiger partial charge in [0.15, 0.2) is 0 Å². The Bertz CT molecular complexity index is 64.1. The Hall–Kier alpha value is -0.860. The van der Waals surface area contributed by atoms with Crippen molar-refractivity contribution in [3.05, 3.63) is 0 Å². The third kappa shape index (κ3) is 4490. The van der Waals surface area contributed by atoms with Crippen molar-refractivity contribution in [2.45, 2.75) is 20.3 Å². The lowest BCUT2D eigenvalue weighted by Gasteiger charge is -1.59. The van der Waals surface area contributed by atoms with Crippen molar-refractivity contribution in [2.75, 3.05) is 0 Å². The summed E-state index contributed by atoms with van der Waals surface area (Å²) in [7, 11) is 0. The van der Waals surface area contributed by atoms with E-state index >= 15 is 0 Å². The minimum Gasteiger partial charge on any atom is -0.481 e. The van der Waals surface area contributed by atoms with Crippen molar-refractivity contribution in [3.8, 4) is 0 Å². The summed E-state index contributed by atoms with van der Waals surface area (Å²) in [6.45, 7) is 2.90. The molecule has 0 bridgehead atoms. The SMILES string of the molecule is CC(=O)O.CCC=O. The van der Waals surface area contributed by atoms with Crippen LogP contribution in [0.15, 0.2) is 0 Å². The Kier molecular flexibility index (Phi) is 12.1. The van der Waals surface area contributed by atoms with Crippen molar-refractivity contribution >= 4 is 12.3 Å². The molecule has 0 unspecified atom stereocenters. The number of carbonyl (C=O) groups is 2. The number of carbonyl (C=O) groups excluding carboxylic acids is 1. The summed E-state index contributed by atoms with van der Waals surface area (Å²) >= 11 is 0. The molecule has 8 heavy (non-hydrogen) atoms. The molecule has 0 aromatic rings. The van der Waals surface area contributed by atoms with E-state index in [2.05, 4.69) is 0 Å². The fraction of sp³-hybridized carbons (Fsp3) is 0.600. The first-order chi connectivity index (χ1) is 3.65. The number of hydrogen-bond donors (Lipinski definition) is 1. The first-order valence-corrected chi connectivity index (χ1v) is 2.28. The molecule has 0 aliphatic carbocycles. The van der Waals surface area contributed by atoms with E-state index in [9.17, 15) is 4.79 Å². The van der Waals surface area contributed by atoms with Gasteiger partial charge in [-0.1, -0.05) is 6.92 Å². The maximum Gasteiger partial charge on any atom is 0.300 e. The third-order valence-corrected chi connectivity index (χ3v) is 0.167. The molecule has 0 atom stereocenters. The molecule has 0 amide bonds.